The van der Waals surface area contributed by atoms with E-state index in [2.05, 4.69) is 31.7 Å². The predicted molar refractivity (Wildman–Crippen MR) is 153 cm³/mol. The quantitative estimate of drug-likeness (QED) is 0.106. The molecule has 0 saturated heterocycles. The van der Waals surface area contributed by atoms with Crippen molar-refractivity contribution in [3.63, 3.8) is 0 Å². The van der Waals surface area contributed by atoms with Gasteiger partial charge in [0.2, 0.25) is 11.8 Å². The summed E-state index contributed by atoms with van der Waals surface area (Å²) in [5, 5.41) is 30.3. The molecular weight excluding hydrogens is 556 g/mol. The number of nitrogens with zero attached hydrogens (tertiary/aromatic N) is 1. The van der Waals surface area contributed by atoms with Crippen LogP contribution in [0.15, 0.2) is 36.8 Å². The van der Waals surface area contributed by atoms with Gasteiger partial charge in [0, 0.05) is 54.4 Å². The average molecular weight is 599 g/mol. The lowest BCUT2D eigenvalue weighted by Crippen LogP contribution is -2.69. The number of carboxylic acid groups (broad SMARTS) is 1. The number of aromatic nitrogens is 2. The summed E-state index contributed by atoms with van der Waals surface area (Å²) in [5.41, 5.74) is 17.8. The highest BCUT2D eigenvalue weighted by atomic mass is 16.4. The second-order valence-electron chi connectivity index (χ2n) is 11.8. The van der Waals surface area contributed by atoms with Gasteiger partial charge in [0.15, 0.2) is 6.04 Å². The first-order valence-electron chi connectivity index (χ1n) is 14.7. The van der Waals surface area contributed by atoms with Crippen molar-refractivity contribution in [2.24, 2.45) is 29.2 Å². The molecule has 0 spiro atoms. The van der Waals surface area contributed by atoms with Crippen molar-refractivity contribution >= 4 is 29.4 Å². The van der Waals surface area contributed by atoms with Gasteiger partial charge in [-0.3, -0.25) is 14.4 Å². The zero-order valence-corrected chi connectivity index (χ0v) is 24.0. The number of para-hydroxylation sites is 1. The number of carbonyl (C=O) groups is 4. The summed E-state index contributed by atoms with van der Waals surface area (Å²) in [6.45, 7) is 0.598. The molecule has 1 aliphatic heterocycles. The van der Waals surface area contributed by atoms with Gasteiger partial charge in [-0.15, -0.1) is 0 Å². The molecule has 4 rings (SSSR count). The molecule has 8 atom stereocenters. The third-order valence-electron chi connectivity index (χ3n) is 8.68. The third-order valence-corrected chi connectivity index (χ3v) is 8.68. The second kappa shape index (κ2) is 14.4. The molecule has 14 nitrogen and oxygen atoms in total. The van der Waals surface area contributed by atoms with Crippen LogP contribution in [0.4, 0.5) is 5.69 Å². The molecule has 12 N–H and O–H groups in total. The van der Waals surface area contributed by atoms with Crippen molar-refractivity contribution in [1.82, 2.24) is 20.6 Å². The molecule has 43 heavy (non-hydrogen) atoms. The van der Waals surface area contributed by atoms with Crippen LogP contribution in [0.25, 0.3) is 0 Å². The monoisotopic (exact) mass is 598 g/mol. The van der Waals surface area contributed by atoms with Crippen LogP contribution in [0.3, 0.4) is 0 Å². The van der Waals surface area contributed by atoms with Gasteiger partial charge in [-0.2, -0.15) is 0 Å². The normalized spacial score (nSPS) is 25.0. The van der Waals surface area contributed by atoms with Crippen molar-refractivity contribution in [2.75, 3.05) is 11.9 Å². The number of nitrogens with two attached hydrogens (primary N) is 2. The van der Waals surface area contributed by atoms with E-state index in [0.717, 1.165) is 16.9 Å². The zero-order valence-electron chi connectivity index (χ0n) is 24.0. The Bertz CT molecular complexity index is 1270. The summed E-state index contributed by atoms with van der Waals surface area (Å²) in [4.78, 5) is 58.1. The standard InChI is InChI=1S/C29H42N8O6/c30-21(5-6-25(31)38)29(43)36-23-9-15(11-26(39)40)20(8-16(23)7-18-13-33-14-35-18)28(42)37-24(27(32)41)10-17-12-34-22-4-2-1-3-19(17)22/h1-4,13-17,20-21,23-25,34,38H,5-12,30-31H2,(H2,32,41)(H,33,35)(H,36,43)(H,37,42)(H,39,40). The number of quaternary nitrogens is 1. The van der Waals surface area contributed by atoms with Gasteiger partial charge in [0.25, 0.3) is 5.91 Å². The second-order valence-corrected chi connectivity index (χ2v) is 11.8. The van der Waals surface area contributed by atoms with Crippen LogP contribution >= 0.6 is 0 Å². The Morgan fingerprint density at radius 2 is 1.93 bits per heavy atom. The smallest absolute Gasteiger partial charge is 0.278 e. The minimum absolute atomic E-state index is 0.0388. The maximum absolute atomic E-state index is 13.8. The van der Waals surface area contributed by atoms with Crippen molar-refractivity contribution < 1.29 is 35.1 Å². The Morgan fingerprint density at radius 1 is 1.16 bits per heavy atom. The van der Waals surface area contributed by atoms with E-state index in [1.807, 2.05) is 24.3 Å². The highest BCUT2D eigenvalue weighted by molar-refractivity contribution is 5.88. The number of hydrogen-bond acceptors (Lipinski definition) is 9. The molecule has 0 bridgehead atoms. The van der Waals surface area contributed by atoms with E-state index in [0.29, 0.717) is 19.4 Å². The van der Waals surface area contributed by atoms with Crippen LogP contribution in [-0.4, -0.2) is 69.7 Å². The molecule has 1 fully saturated rings. The Morgan fingerprint density at radius 3 is 2.60 bits per heavy atom. The Labute approximate surface area is 249 Å². The zero-order chi connectivity index (χ0) is 31.1. The molecule has 234 valence electrons. The number of rotatable bonds is 14. The van der Waals surface area contributed by atoms with E-state index in [9.17, 15) is 29.4 Å². The van der Waals surface area contributed by atoms with Gasteiger partial charge in [0.05, 0.1) is 6.33 Å². The fourth-order valence-corrected chi connectivity index (χ4v) is 6.39. The number of fused-ring (bicyclic) bond motifs is 1. The van der Waals surface area contributed by atoms with E-state index in [1.54, 1.807) is 6.20 Å². The van der Waals surface area contributed by atoms with E-state index in [4.69, 9.17) is 11.5 Å². The van der Waals surface area contributed by atoms with E-state index >= 15 is 0 Å². The Hall–Kier alpha value is -4.01. The molecule has 1 aliphatic carbocycles. The van der Waals surface area contributed by atoms with Crippen molar-refractivity contribution in [3.05, 3.63) is 48.0 Å². The van der Waals surface area contributed by atoms with Crippen LogP contribution < -0.4 is 38.3 Å². The molecule has 14 heteroatoms. The molecule has 0 radical (unpaired) electrons. The number of H-pyrrole nitrogens is 1. The topological polar surface area (TPSA) is 256 Å². The summed E-state index contributed by atoms with van der Waals surface area (Å²) < 4.78 is 0. The fourth-order valence-electron chi connectivity index (χ4n) is 6.39. The largest absolute Gasteiger partial charge is 0.550 e. The SMILES string of the molecule is NC(=O)C(CC1CNc2ccccc21)NC(=O)C1CC(Cc2cnc[nH]2)C(NC(=O)C([NH3+])CCC(N)O)CC1CC(=O)[O-]. The van der Waals surface area contributed by atoms with Crippen molar-refractivity contribution in [3.8, 4) is 0 Å². The maximum atomic E-state index is 13.8. The van der Waals surface area contributed by atoms with E-state index < -0.39 is 60.4 Å². The highest BCUT2D eigenvalue weighted by Gasteiger charge is 2.43. The molecule has 1 aromatic carbocycles. The average Bonchev–Trinajstić information content (AvgIpc) is 3.62. The van der Waals surface area contributed by atoms with Crippen LogP contribution in [0.5, 0.6) is 0 Å². The van der Waals surface area contributed by atoms with Crippen molar-refractivity contribution in [1.29, 1.82) is 0 Å². The molecule has 1 saturated carbocycles. The van der Waals surface area contributed by atoms with Gasteiger partial charge in [-0.05, 0) is 62.0 Å². The van der Waals surface area contributed by atoms with Crippen molar-refractivity contribution in [2.45, 2.75) is 75.2 Å². The molecule has 2 aliphatic rings. The van der Waals surface area contributed by atoms with Gasteiger partial charge in [0.1, 0.15) is 12.3 Å². The Kier molecular flexibility index (Phi) is 10.7. The number of anilines is 1. The maximum Gasteiger partial charge on any atom is 0.278 e. The number of aliphatic carboxylic acids is 1. The number of imidazole rings is 1. The molecular formula is C29H42N8O6. The Balaban J connectivity index is 1.51. The fraction of sp³-hybridized carbons (Fsp3) is 0.552. The lowest BCUT2D eigenvalue weighted by molar-refractivity contribution is -0.405. The van der Waals surface area contributed by atoms with Gasteiger partial charge >= 0.3 is 0 Å². The van der Waals surface area contributed by atoms with Crippen LogP contribution in [-0.2, 0) is 25.6 Å². The number of amides is 3. The summed E-state index contributed by atoms with van der Waals surface area (Å²) in [6, 6.07) is 5.65. The third kappa shape index (κ3) is 8.52. The number of primary amides is 1. The first-order valence-corrected chi connectivity index (χ1v) is 14.7. The lowest BCUT2D eigenvalue weighted by Gasteiger charge is -2.42. The summed E-state index contributed by atoms with van der Waals surface area (Å²) in [5.74, 6) is -4.52. The molecule has 2 aromatic rings. The first-order chi connectivity index (χ1) is 20.5. The van der Waals surface area contributed by atoms with E-state index in [1.165, 1.54) is 6.33 Å². The number of carboxylic acids is 1. The molecule has 2 heterocycles. The van der Waals surface area contributed by atoms with E-state index in [-0.39, 0.29) is 43.4 Å². The minimum atomic E-state index is -1.31. The van der Waals surface area contributed by atoms with Gasteiger partial charge in [-0.25, -0.2) is 4.98 Å². The van der Waals surface area contributed by atoms with Gasteiger partial charge < -0.3 is 53.1 Å². The molecule has 8 unspecified atom stereocenters. The number of carbonyl (C=O) groups excluding carboxylic acids is 4. The van der Waals surface area contributed by atoms with Crippen LogP contribution in [0.1, 0.15) is 55.7 Å². The minimum Gasteiger partial charge on any atom is -0.550 e. The number of benzene rings is 1. The van der Waals surface area contributed by atoms with Crippen LogP contribution in [0, 0.1) is 17.8 Å². The lowest BCUT2D eigenvalue weighted by atomic mass is 9.68. The number of nitrogens with one attached hydrogen (secondary N) is 4. The number of aromatic amines is 1. The number of aliphatic hydroxyl groups is 1. The summed E-state index contributed by atoms with van der Waals surface area (Å²) >= 11 is 0. The summed E-state index contributed by atoms with van der Waals surface area (Å²) in [6.07, 6.45) is 3.39. The number of aliphatic hydroxyl groups excluding tert-OH is 1. The molecule has 1 aromatic heterocycles. The predicted octanol–water partition coefficient (Wildman–Crippen LogP) is -2.54. The first kappa shape index (κ1) is 31.9. The number of hydrogen-bond donors (Lipinski definition) is 8. The highest BCUT2D eigenvalue weighted by Crippen LogP contribution is 2.39. The molecule has 3 amide bonds. The summed E-state index contributed by atoms with van der Waals surface area (Å²) in [7, 11) is 0. The van der Waals surface area contributed by atoms with Gasteiger partial charge in [-0.1, -0.05) is 18.2 Å². The van der Waals surface area contributed by atoms with Crippen LogP contribution in [0.2, 0.25) is 0 Å².